The van der Waals surface area contributed by atoms with Crippen molar-refractivity contribution < 1.29 is 4.79 Å². The van der Waals surface area contributed by atoms with Crippen LogP contribution in [0, 0.1) is 0 Å². The SMILES string of the molecule is O=C(NCCNC1CCCCCC1)c1ccccc1Cl. The fraction of sp³-hybridized carbons (Fsp3) is 0.562. The molecule has 2 rings (SSSR count). The molecule has 1 aromatic rings. The second-order valence-electron chi connectivity index (χ2n) is 5.38. The van der Waals surface area contributed by atoms with Crippen molar-refractivity contribution in [3.05, 3.63) is 34.9 Å². The Balaban J connectivity index is 1.68. The van der Waals surface area contributed by atoms with Gasteiger partial charge in [0.15, 0.2) is 0 Å². The molecule has 1 saturated carbocycles. The number of hydrogen-bond donors (Lipinski definition) is 2. The lowest BCUT2D eigenvalue weighted by molar-refractivity contribution is 0.0953. The minimum absolute atomic E-state index is 0.0988. The lowest BCUT2D eigenvalue weighted by Crippen LogP contribution is -2.36. The molecule has 0 heterocycles. The Morgan fingerprint density at radius 2 is 1.80 bits per heavy atom. The first-order valence-corrected chi connectivity index (χ1v) is 7.91. The van der Waals surface area contributed by atoms with E-state index in [-0.39, 0.29) is 5.91 Å². The van der Waals surface area contributed by atoms with E-state index in [4.69, 9.17) is 11.6 Å². The van der Waals surface area contributed by atoms with Crippen molar-refractivity contribution in [2.24, 2.45) is 0 Å². The van der Waals surface area contributed by atoms with Crippen molar-refractivity contribution >= 4 is 17.5 Å². The summed E-state index contributed by atoms with van der Waals surface area (Å²) in [5.74, 6) is -0.0988. The predicted octanol–water partition coefficient (Wildman–Crippen LogP) is 3.38. The summed E-state index contributed by atoms with van der Waals surface area (Å²) >= 11 is 6.00. The standard InChI is InChI=1S/C16H23ClN2O/c17-15-10-6-5-9-14(15)16(20)19-12-11-18-13-7-3-1-2-4-8-13/h5-6,9-10,13,18H,1-4,7-8,11-12H2,(H,19,20). The normalized spacial score (nSPS) is 16.6. The van der Waals surface area contributed by atoms with Crippen LogP contribution in [0.2, 0.25) is 5.02 Å². The van der Waals surface area contributed by atoms with Crippen molar-refractivity contribution in [1.29, 1.82) is 0 Å². The Labute approximate surface area is 126 Å². The number of carbonyl (C=O) groups is 1. The molecule has 110 valence electrons. The van der Waals surface area contributed by atoms with Gasteiger partial charge in [-0.2, -0.15) is 0 Å². The number of carbonyl (C=O) groups excluding carboxylic acids is 1. The number of nitrogens with one attached hydrogen (secondary N) is 2. The van der Waals surface area contributed by atoms with E-state index < -0.39 is 0 Å². The van der Waals surface area contributed by atoms with Gasteiger partial charge in [-0.15, -0.1) is 0 Å². The van der Waals surface area contributed by atoms with Crippen LogP contribution in [0.25, 0.3) is 0 Å². The van der Waals surface area contributed by atoms with Crippen molar-refractivity contribution in [2.45, 2.75) is 44.6 Å². The van der Waals surface area contributed by atoms with E-state index >= 15 is 0 Å². The topological polar surface area (TPSA) is 41.1 Å². The third-order valence-electron chi connectivity index (χ3n) is 3.82. The fourth-order valence-electron chi connectivity index (χ4n) is 2.68. The lowest BCUT2D eigenvalue weighted by atomic mass is 10.1. The van der Waals surface area contributed by atoms with Crippen molar-refractivity contribution in [3.8, 4) is 0 Å². The third-order valence-corrected chi connectivity index (χ3v) is 4.15. The van der Waals surface area contributed by atoms with Crippen LogP contribution in [0.1, 0.15) is 48.9 Å². The molecule has 0 bridgehead atoms. The minimum Gasteiger partial charge on any atom is -0.351 e. The van der Waals surface area contributed by atoms with E-state index in [1.807, 2.05) is 12.1 Å². The molecule has 1 fully saturated rings. The average Bonchev–Trinajstić information content (AvgIpc) is 2.72. The summed E-state index contributed by atoms with van der Waals surface area (Å²) in [6.07, 6.45) is 7.90. The zero-order valence-corrected chi connectivity index (χ0v) is 12.6. The van der Waals surface area contributed by atoms with Gasteiger partial charge in [-0.1, -0.05) is 49.4 Å². The molecule has 1 aromatic carbocycles. The van der Waals surface area contributed by atoms with Gasteiger partial charge in [0.05, 0.1) is 10.6 Å². The molecule has 0 atom stereocenters. The molecule has 0 unspecified atom stereocenters. The first-order chi connectivity index (χ1) is 9.77. The van der Waals surface area contributed by atoms with Crippen LogP contribution in [-0.2, 0) is 0 Å². The van der Waals surface area contributed by atoms with Crippen LogP contribution in [0.3, 0.4) is 0 Å². The van der Waals surface area contributed by atoms with Gasteiger partial charge >= 0.3 is 0 Å². The largest absolute Gasteiger partial charge is 0.351 e. The maximum atomic E-state index is 11.9. The molecule has 3 nitrogen and oxygen atoms in total. The van der Waals surface area contributed by atoms with E-state index in [1.165, 1.54) is 38.5 Å². The average molecular weight is 295 g/mol. The Kier molecular flexibility index (Phi) is 6.34. The van der Waals surface area contributed by atoms with Gasteiger partial charge in [-0.3, -0.25) is 4.79 Å². The Morgan fingerprint density at radius 3 is 2.50 bits per heavy atom. The summed E-state index contributed by atoms with van der Waals surface area (Å²) in [4.78, 5) is 11.9. The number of amides is 1. The summed E-state index contributed by atoms with van der Waals surface area (Å²) in [5, 5.41) is 6.95. The van der Waals surface area contributed by atoms with Crippen LogP contribution < -0.4 is 10.6 Å². The van der Waals surface area contributed by atoms with Crippen LogP contribution in [-0.4, -0.2) is 25.0 Å². The highest BCUT2D eigenvalue weighted by atomic mass is 35.5. The first kappa shape index (κ1) is 15.3. The van der Waals surface area contributed by atoms with Gasteiger partial charge in [0.2, 0.25) is 0 Å². The number of hydrogen-bond acceptors (Lipinski definition) is 2. The van der Waals surface area contributed by atoms with Gasteiger partial charge in [-0.25, -0.2) is 0 Å². The monoisotopic (exact) mass is 294 g/mol. The summed E-state index contributed by atoms with van der Waals surface area (Å²) in [7, 11) is 0. The highest BCUT2D eigenvalue weighted by molar-refractivity contribution is 6.33. The quantitative estimate of drug-likeness (QED) is 0.646. The van der Waals surface area contributed by atoms with Gasteiger partial charge in [0.1, 0.15) is 0 Å². The van der Waals surface area contributed by atoms with Gasteiger partial charge in [-0.05, 0) is 25.0 Å². The molecule has 1 amide bonds. The molecule has 0 radical (unpaired) electrons. The van der Waals surface area contributed by atoms with Crippen LogP contribution in [0.5, 0.6) is 0 Å². The molecule has 1 aliphatic carbocycles. The second kappa shape index (κ2) is 8.28. The van der Waals surface area contributed by atoms with Crippen molar-refractivity contribution in [1.82, 2.24) is 10.6 Å². The highest BCUT2D eigenvalue weighted by Crippen LogP contribution is 2.17. The third kappa shape index (κ3) is 4.80. The highest BCUT2D eigenvalue weighted by Gasteiger charge is 2.12. The maximum absolute atomic E-state index is 11.9. The molecule has 2 N–H and O–H groups in total. The molecule has 20 heavy (non-hydrogen) atoms. The summed E-state index contributed by atoms with van der Waals surface area (Å²) in [6, 6.07) is 7.75. The summed E-state index contributed by atoms with van der Waals surface area (Å²) in [5.41, 5.74) is 0.545. The van der Waals surface area contributed by atoms with E-state index in [0.29, 0.717) is 23.2 Å². The molecule has 1 aliphatic rings. The van der Waals surface area contributed by atoms with Crippen molar-refractivity contribution in [2.75, 3.05) is 13.1 Å². The van der Waals surface area contributed by atoms with Gasteiger partial charge in [0.25, 0.3) is 5.91 Å². The van der Waals surface area contributed by atoms with Crippen LogP contribution in [0.15, 0.2) is 24.3 Å². The summed E-state index contributed by atoms with van der Waals surface area (Å²) in [6.45, 7) is 1.46. The Bertz CT molecular complexity index is 428. The molecule has 0 aromatic heterocycles. The van der Waals surface area contributed by atoms with Crippen LogP contribution in [0.4, 0.5) is 0 Å². The molecule has 4 heteroatoms. The second-order valence-corrected chi connectivity index (χ2v) is 5.79. The van der Waals surface area contributed by atoms with E-state index in [9.17, 15) is 4.79 Å². The minimum atomic E-state index is -0.0988. The van der Waals surface area contributed by atoms with E-state index in [0.717, 1.165) is 6.54 Å². The molecular weight excluding hydrogens is 272 g/mol. The van der Waals surface area contributed by atoms with E-state index in [2.05, 4.69) is 10.6 Å². The molecule has 0 aliphatic heterocycles. The van der Waals surface area contributed by atoms with Crippen molar-refractivity contribution in [3.63, 3.8) is 0 Å². The fourth-order valence-corrected chi connectivity index (χ4v) is 2.90. The predicted molar refractivity (Wildman–Crippen MR) is 83.3 cm³/mol. The van der Waals surface area contributed by atoms with Gasteiger partial charge in [0, 0.05) is 19.1 Å². The number of benzene rings is 1. The molecular formula is C16H23ClN2O. The van der Waals surface area contributed by atoms with Gasteiger partial charge < -0.3 is 10.6 Å². The zero-order valence-electron chi connectivity index (χ0n) is 11.8. The lowest BCUT2D eigenvalue weighted by Gasteiger charge is -2.16. The summed E-state index contributed by atoms with van der Waals surface area (Å²) < 4.78 is 0. The Hall–Kier alpha value is -1.06. The smallest absolute Gasteiger partial charge is 0.252 e. The maximum Gasteiger partial charge on any atom is 0.252 e. The van der Waals surface area contributed by atoms with E-state index in [1.54, 1.807) is 12.1 Å². The van der Waals surface area contributed by atoms with Crippen LogP contribution >= 0.6 is 11.6 Å². The number of rotatable bonds is 5. The number of halogens is 1. The molecule has 0 saturated heterocycles. The zero-order chi connectivity index (χ0) is 14.2. The molecule has 0 spiro atoms. The Morgan fingerprint density at radius 1 is 1.10 bits per heavy atom. The first-order valence-electron chi connectivity index (χ1n) is 7.53.